The Bertz CT molecular complexity index is 582. The van der Waals surface area contributed by atoms with E-state index in [4.69, 9.17) is 28.9 Å². The highest BCUT2D eigenvalue weighted by molar-refractivity contribution is 7.14. The van der Waals surface area contributed by atoms with Crippen LogP contribution in [0.5, 0.6) is 0 Å². The normalized spacial score (nSPS) is 10.7. The molecule has 84 valence electrons. The highest BCUT2D eigenvalue weighted by Crippen LogP contribution is 2.38. The number of rotatable bonds is 1. The van der Waals surface area contributed by atoms with Crippen LogP contribution >= 0.6 is 34.7 Å². The number of benzene rings is 1. The van der Waals surface area contributed by atoms with Gasteiger partial charge in [-0.3, -0.25) is 0 Å². The first-order chi connectivity index (χ1) is 7.56. The van der Waals surface area contributed by atoms with Crippen LogP contribution < -0.4 is 5.73 Å². The van der Waals surface area contributed by atoms with Crippen molar-refractivity contribution in [1.29, 1.82) is 0 Å². The van der Waals surface area contributed by atoms with Crippen LogP contribution in [0.3, 0.4) is 0 Å². The molecule has 0 saturated heterocycles. The van der Waals surface area contributed by atoms with E-state index in [-0.39, 0.29) is 15.6 Å². The molecule has 2 rings (SSSR count). The predicted octanol–water partition coefficient (Wildman–Crippen LogP) is 2.97. The van der Waals surface area contributed by atoms with Gasteiger partial charge in [0.25, 0.3) is 0 Å². The number of nitrogen functional groups attached to an aromatic ring is 1. The maximum Gasteiger partial charge on any atom is 0.340 e. The summed E-state index contributed by atoms with van der Waals surface area (Å²) in [7, 11) is 1.26. The summed E-state index contributed by atoms with van der Waals surface area (Å²) in [4.78, 5) is 11.5. The third-order valence-corrected chi connectivity index (χ3v) is 3.76. The zero-order valence-corrected chi connectivity index (χ0v) is 10.4. The number of methoxy groups -OCH3 is 1. The van der Waals surface area contributed by atoms with Crippen molar-refractivity contribution >= 4 is 56.6 Å². The number of aromatic nitrogens is 1. The minimum absolute atomic E-state index is 0.141. The van der Waals surface area contributed by atoms with Crippen LogP contribution in [0.1, 0.15) is 10.4 Å². The summed E-state index contributed by atoms with van der Waals surface area (Å²) < 4.78 is 9.18. The van der Waals surface area contributed by atoms with E-state index in [1.54, 1.807) is 6.07 Å². The molecule has 2 N–H and O–H groups in total. The minimum atomic E-state index is -0.580. The molecule has 1 aromatic heterocycles. The molecule has 0 amide bonds. The standard InChI is InChI=1S/C9H6Cl2N2O2S/c1-15-9(14)5-4(10)2-3-7(6(5)11)16-13-8(3)12/h2H,1H3,(H2,12,13). The van der Waals surface area contributed by atoms with Gasteiger partial charge in [-0.2, -0.15) is 4.37 Å². The molecule has 0 atom stereocenters. The van der Waals surface area contributed by atoms with E-state index in [2.05, 4.69) is 9.11 Å². The lowest BCUT2D eigenvalue weighted by molar-refractivity contribution is 0.0601. The van der Waals surface area contributed by atoms with Crippen LogP contribution in [-0.4, -0.2) is 17.5 Å². The van der Waals surface area contributed by atoms with E-state index in [1.807, 2.05) is 0 Å². The summed E-state index contributed by atoms with van der Waals surface area (Å²) in [6.45, 7) is 0. The van der Waals surface area contributed by atoms with Gasteiger partial charge in [-0.1, -0.05) is 23.2 Å². The van der Waals surface area contributed by atoms with Crippen LogP contribution in [0.25, 0.3) is 10.1 Å². The lowest BCUT2D eigenvalue weighted by atomic mass is 10.1. The second kappa shape index (κ2) is 4.08. The summed E-state index contributed by atoms with van der Waals surface area (Å²) in [5, 5.41) is 1.08. The molecule has 7 heteroatoms. The summed E-state index contributed by atoms with van der Waals surface area (Å²) in [6.07, 6.45) is 0. The average Bonchev–Trinajstić information content (AvgIpc) is 2.60. The van der Waals surface area contributed by atoms with E-state index in [1.165, 1.54) is 7.11 Å². The summed E-state index contributed by atoms with van der Waals surface area (Å²) >= 11 is 13.1. The number of ether oxygens (including phenoxy) is 1. The van der Waals surface area contributed by atoms with E-state index < -0.39 is 5.97 Å². The lowest BCUT2D eigenvalue weighted by Gasteiger charge is -2.05. The highest BCUT2D eigenvalue weighted by atomic mass is 35.5. The molecule has 0 aliphatic carbocycles. The number of hydrogen-bond donors (Lipinski definition) is 1. The van der Waals surface area contributed by atoms with E-state index >= 15 is 0 Å². The van der Waals surface area contributed by atoms with Crippen molar-refractivity contribution in [2.24, 2.45) is 0 Å². The number of anilines is 1. The number of esters is 1. The largest absolute Gasteiger partial charge is 0.465 e. The Morgan fingerprint density at radius 1 is 1.56 bits per heavy atom. The molecule has 4 nitrogen and oxygen atoms in total. The van der Waals surface area contributed by atoms with Crippen molar-refractivity contribution < 1.29 is 9.53 Å². The van der Waals surface area contributed by atoms with Gasteiger partial charge in [-0.15, -0.1) is 0 Å². The summed E-state index contributed by atoms with van der Waals surface area (Å²) in [5.41, 5.74) is 5.78. The lowest BCUT2D eigenvalue weighted by Crippen LogP contribution is -2.03. The van der Waals surface area contributed by atoms with Crippen molar-refractivity contribution in [1.82, 2.24) is 4.37 Å². The summed E-state index contributed by atoms with van der Waals surface area (Å²) in [6, 6.07) is 1.56. The van der Waals surface area contributed by atoms with Gasteiger partial charge in [0, 0.05) is 5.39 Å². The van der Waals surface area contributed by atoms with Crippen LogP contribution in [0.4, 0.5) is 5.82 Å². The van der Waals surface area contributed by atoms with Gasteiger partial charge in [0.2, 0.25) is 0 Å². The first-order valence-corrected chi connectivity index (χ1v) is 5.70. The Labute approximate surface area is 105 Å². The van der Waals surface area contributed by atoms with Gasteiger partial charge in [-0.25, -0.2) is 4.79 Å². The van der Waals surface area contributed by atoms with Gasteiger partial charge in [-0.05, 0) is 17.6 Å². The van der Waals surface area contributed by atoms with E-state index in [9.17, 15) is 4.79 Å². The topological polar surface area (TPSA) is 65.2 Å². The predicted molar refractivity (Wildman–Crippen MR) is 65.4 cm³/mol. The quantitative estimate of drug-likeness (QED) is 0.814. The zero-order valence-electron chi connectivity index (χ0n) is 8.08. The zero-order chi connectivity index (χ0) is 11.9. The van der Waals surface area contributed by atoms with Gasteiger partial charge < -0.3 is 10.5 Å². The van der Waals surface area contributed by atoms with Crippen LogP contribution in [0.15, 0.2) is 6.07 Å². The number of halogens is 2. The van der Waals surface area contributed by atoms with Crippen molar-refractivity contribution in [3.8, 4) is 0 Å². The molecule has 2 aromatic rings. The van der Waals surface area contributed by atoms with Crippen LogP contribution in [0.2, 0.25) is 10.0 Å². The Hall–Kier alpha value is -1.04. The molecule has 0 bridgehead atoms. The molecule has 1 aromatic carbocycles. The van der Waals surface area contributed by atoms with Gasteiger partial charge in [0.05, 0.1) is 27.4 Å². The number of nitrogens with two attached hydrogens (primary N) is 1. The van der Waals surface area contributed by atoms with Crippen LogP contribution in [0, 0.1) is 0 Å². The Morgan fingerprint density at radius 2 is 2.25 bits per heavy atom. The fourth-order valence-corrected chi connectivity index (χ4v) is 2.76. The first-order valence-electron chi connectivity index (χ1n) is 4.17. The molecule has 1 heterocycles. The SMILES string of the molecule is COC(=O)c1c(Cl)cc2c(N)nsc2c1Cl. The smallest absolute Gasteiger partial charge is 0.340 e. The molecule has 16 heavy (non-hydrogen) atoms. The fourth-order valence-electron chi connectivity index (χ4n) is 1.31. The first kappa shape index (κ1) is 11.4. The third kappa shape index (κ3) is 1.61. The van der Waals surface area contributed by atoms with Crippen molar-refractivity contribution in [2.45, 2.75) is 0 Å². The minimum Gasteiger partial charge on any atom is -0.465 e. The van der Waals surface area contributed by atoms with E-state index in [0.717, 1.165) is 11.5 Å². The van der Waals surface area contributed by atoms with Gasteiger partial charge in [0.1, 0.15) is 5.82 Å². The molecule has 0 spiro atoms. The van der Waals surface area contributed by atoms with E-state index in [0.29, 0.717) is 15.9 Å². The number of nitrogens with zero attached hydrogens (tertiary/aromatic N) is 1. The molecule has 0 radical (unpaired) electrons. The van der Waals surface area contributed by atoms with Crippen LogP contribution in [-0.2, 0) is 4.74 Å². The molecule has 0 aliphatic rings. The monoisotopic (exact) mass is 276 g/mol. The third-order valence-electron chi connectivity index (χ3n) is 2.07. The molecular weight excluding hydrogens is 271 g/mol. The number of fused-ring (bicyclic) bond motifs is 1. The second-order valence-electron chi connectivity index (χ2n) is 2.98. The Morgan fingerprint density at radius 3 is 2.88 bits per heavy atom. The maximum absolute atomic E-state index is 11.5. The number of carbonyl (C=O) groups is 1. The average molecular weight is 277 g/mol. The molecule has 0 saturated carbocycles. The second-order valence-corrected chi connectivity index (χ2v) is 4.54. The molecule has 0 fully saturated rings. The highest BCUT2D eigenvalue weighted by Gasteiger charge is 2.20. The van der Waals surface area contributed by atoms with Crippen molar-refractivity contribution in [2.75, 3.05) is 12.8 Å². The number of hydrogen-bond acceptors (Lipinski definition) is 5. The fraction of sp³-hybridized carbons (Fsp3) is 0.111. The Kier molecular flexibility index (Phi) is 2.92. The Balaban J connectivity index is 2.81. The maximum atomic E-state index is 11.5. The summed E-state index contributed by atoms with van der Waals surface area (Å²) in [5.74, 6) is -0.232. The molecule has 0 aliphatic heterocycles. The molecular formula is C9H6Cl2N2O2S. The molecule has 0 unspecified atom stereocenters. The van der Waals surface area contributed by atoms with Crippen molar-refractivity contribution in [3.05, 3.63) is 21.7 Å². The van der Waals surface area contributed by atoms with Gasteiger partial charge >= 0.3 is 5.97 Å². The van der Waals surface area contributed by atoms with Gasteiger partial charge in [0.15, 0.2) is 0 Å². The number of carbonyl (C=O) groups excluding carboxylic acids is 1. The van der Waals surface area contributed by atoms with Crippen molar-refractivity contribution in [3.63, 3.8) is 0 Å².